The van der Waals surface area contributed by atoms with Crippen molar-refractivity contribution in [3.05, 3.63) is 42.4 Å². The monoisotopic (exact) mass is 331 g/mol. The van der Waals surface area contributed by atoms with Gasteiger partial charge >= 0.3 is 0 Å². The van der Waals surface area contributed by atoms with E-state index >= 15 is 0 Å². The third kappa shape index (κ3) is 6.57. The quantitative estimate of drug-likeness (QED) is 0.842. The third-order valence-electron chi connectivity index (χ3n) is 2.66. The average molecular weight is 332 g/mol. The number of hydrogen-bond donors (Lipinski definition) is 2. The van der Waals surface area contributed by atoms with Crippen LogP contribution in [0.5, 0.6) is 0 Å². The Balaban J connectivity index is 0.00000200. The molecule has 2 aromatic heterocycles. The fourth-order valence-corrected chi connectivity index (χ4v) is 1.68. The highest BCUT2D eigenvalue weighted by molar-refractivity contribution is 5.89. The van der Waals surface area contributed by atoms with Gasteiger partial charge in [0.15, 0.2) is 5.82 Å². The van der Waals surface area contributed by atoms with Gasteiger partial charge in [0.2, 0.25) is 5.91 Å². The van der Waals surface area contributed by atoms with Crippen LogP contribution in [0.25, 0.3) is 0 Å². The predicted octanol–water partition coefficient (Wildman–Crippen LogP) is 1.65. The van der Waals surface area contributed by atoms with Gasteiger partial charge < -0.3 is 11.1 Å². The summed E-state index contributed by atoms with van der Waals surface area (Å²) in [6.07, 6.45) is 6.58. The van der Waals surface area contributed by atoms with Crippen molar-refractivity contribution in [3.8, 4) is 0 Å². The van der Waals surface area contributed by atoms with Crippen molar-refractivity contribution >= 4 is 36.5 Å². The SMILES string of the molecule is Cl.Cl.NCCC(=O)Nc1ccn(CCc2ccncc2)n1. The molecule has 0 spiro atoms. The molecule has 0 saturated carbocycles. The zero-order chi connectivity index (χ0) is 13.5. The molecule has 0 atom stereocenters. The maximum Gasteiger partial charge on any atom is 0.226 e. The van der Waals surface area contributed by atoms with Crippen molar-refractivity contribution in [1.29, 1.82) is 0 Å². The van der Waals surface area contributed by atoms with Crippen molar-refractivity contribution in [2.45, 2.75) is 19.4 Å². The van der Waals surface area contributed by atoms with Crippen molar-refractivity contribution in [3.63, 3.8) is 0 Å². The Kier molecular flexibility index (Phi) is 9.36. The third-order valence-corrected chi connectivity index (χ3v) is 2.66. The molecule has 0 aliphatic carbocycles. The normalized spacial score (nSPS) is 9.38. The number of rotatable bonds is 6. The summed E-state index contributed by atoms with van der Waals surface area (Å²) in [5, 5.41) is 6.98. The minimum absolute atomic E-state index is 0. The van der Waals surface area contributed by atoms with Crippen LogP contribution in [0.15, 0.2) is 36.8 Å². The molecule has 8 heteroatoms. The van der Waals surface area contributed by atoms with Crippen molar-refractivity contribution in [1.82, 2.24) is 14.8 Å². The second kappa shape index (κ2) is 10.1. The molecule has 2 aromatic rings. The molecule has 3 N–H and O–H groups in total. The summed E-state index contributed by atoms with van der Waals surface area (Å²) in [5.41, 5.74) is 6.52. The molecular weight excluding hydrogens is 313 g/mol. The van der Waals surface area contributed by atoms with Gasteiger partial charge in [-0.15, -0.1) is 24.8 Å². The molecule has 0 unspecified atom stereocenters. The molecule has 2 rings (SSSR count). The first-order valence-corrected chi connectivity index (χ1v) is 6.20. The summed E-state index contributed by atoms with van der Waals surface area (Å²) in [6, 6.07) is 5.74. The van der Waals surface area contributed by atoms with Gasteiger partial charge in [-0.05, 0) is 24.1 Å². The standard InChI is InChI=1S/C13H17N5O.2ClH/c14-6-1-13(19)16-12-5-10-18(17-12)9-4-11-2-7-15-8-3-11;;/h2-3,5,7-8,10H,1,4,6,9,14H2,(H,16,17,19);2*1H. The Morgan fingerprint density at radius 2 is 1.95 bits per heavy atom. The summed E-state index contributed by atoms with van der Waals surface area (Å²) in [6.45, 7) is 1.10. The van der Waals surface area contributed by atoms with E-state index in [9.17, 15) is 4.79 Å². The van der Waals surface area contributed by atoms with E-state index in [4.69, 9.17) is 5.73 Å². The molecule has 0 aliphatic heterocycles. The fraction of sp³-hybridized carbons (Fsp3) is 0.308. The maximum absolute atomic E-state index is 11.4. The highest BCUT2D eigenvalue weighted by Gasteiger charge is 2.04. The first-order valence-electron chi connectivity index (χ1n) is 6.20. The number of carbonyl (C=O) groups is 1. The van der Waals surface area contributed by atoms with Crippen LogP contribution in [0, 0.1) is 0 Å². The van der Waals surface area contributed by atoms with Crippen LogP contribution in [-0.4, -0.2) is 27.2 Å². The molecular formula is C13H19Cl2N5O. The van der Waals surface area contributed by atoms with Crippen molar-refractivity contribution in [2.75, 3.05) is 11.9 Å². The van der Waals surface area contributed by atoms with E-state index < -0.39 is 0 Å². The Labute approximate surface area is 135 Å². The number of aromatic nitrogens is 3. The highest BCUT2D eigenvalue weighted by Crippen LogP contribution is 2.05. The molecule has 0 saturated heterocycles. The summed E-state index contributed by atoms with van der Waals surface area (Å²) >= 11 is 0. The zero-order valence-corrected chi connectivity index (χ0v) is 13.1. The highest BCUT2D eigenvalue weighted by atomic mass is 35.5. The van der Waals surface area contributed by atoms with Gasteiger partial charge in [-0.25, -0.2) is 0 Å². The van der Waals surface area contributed by atoms with Gasteiger partial charge in [-0.2, -0.15) is 5.10 Å². The van der Waals surface area contributed by atoms with Crippen LogP contribution in [-0.2, 0) is 17.8 Å². The number of nitrogens with zero attached hydrogens (tertiary/aromatic N) is 3. The number of halogens is 2. The molecule has 0 aromatic carbocycles. The first-order chi connectivity index (χ1) is 9.28. The van der Waals surface area contributed by atoms with E-state index in [0.717, 1.165) is 13.0 Å². The molecule has 0 radical (unpaired) electrons. The number of amides is 1. The number of nitrogens with one attached hydrogen (secondary N) is 1. The minimum atomic E-state index is -0.109. The number of nitrogens with two attached hydrogens (primary N) is 1. The fourth-order valence-electron chi connectivity index (χ4n) is 1.68. The van der Waals surface area contributed by atoms with Gasteiger partial charge in [0.25, 0.3) is 0 Å². The van der Waals surface area contributed by atoms with Gasteiger partial charge in [0.1, 0.15) is 0 Å². The van der Waals surface area contributed by atoms with Crippen LogP contribution >= 0.6 is 24.8 Å². The molecule has 0 bridgehead atoms. The lowest BCUT2D eigenvalue weighted by Gasteiger charge is -2.02. The number of pyridine rings is 1. The van der Waals surface area contributed by atoms with Gasteiger partial charge in [-0.1, -0.05) is 0 Å². The lowest BCUT2D eigenvalue weighted by molar-refractivity contribution is -0.116. The van der Waals surface area contributed by atoms with Gasteiger partial charge in [-0.3, -0.25) is 14.5 Å². The lowest BCUT2D eigenvalue weighted by atomic mass is 10.2. The van der Waals surface area contributed by atoms with Crippen LogP contribution < -0.4 is 11.1 Å². The summed E-state index contributed by atoms with van der Waals surface area (Å²) in [7, 11) is 0. The largest absolute Gasteiger partial charge is 0.330 e. The van der Waals surface area contributed by atoms with Crippen LogP contribution in [0.3, 0.4) is 0 Å². The molecule has 116 valence electrons. The average Bonchev–Trinajstić information content (AvgIpc) is 2.85. The smallest absolute Gasteiger partial charge is 0.226 e. The Bertz CT molecular complexity index is 532. The number of anilines is 1. The second-order valence-corrected chi connectivity index (χ2v) is 4.16. The molecule has 0 fully saturated rings. The van der Waals surface area contributed by atoms with Crippen LogP contribution in [0.4, 0.5) is 5.82 Å². The molecule has 1 amide bonds. The van der Waals surface area contributed by atoms with E-state index in [1.807, 2.05) is 18.3 Å². The Morgan fingerprint density at radius 1 is 1.24 bits per heavy atom. The van der Waals surface area contributed by atoms with E-state index in [2.05, 4.69) is 15.4 Å². The van der Waals surface area contributed by atoms with Gasteiger partial charge in [0, 0.05) is 44.2 Å². The van der Waals surface area contributed by atoms with Crippen molar-refractivity contribution in [2.24, 2.45) is 5.73 Å². The molecule has 0 aliphatic rings. The number of aryl methyl sites for hydroxylation is 2. The summed E-state index contributed by atoms with van der Waals surface area (Å²) in [4.78, 5) is 15.3. The Morgan fingerprint density at radius 3 is 2.62 bits per heavy atom. The van der Waals surface area contributed by atoms with Crippen molar-refractivity contribution < 1.29 is 4.79 Å². The van der Waals surface area contributed by atoms with Crippen LogP contribution in [0.1, 0.15) is 12.0 Å². The molecule has 21 heavy (non-hydrogen) atoms. The molecule has 6 nitrogen and oxygen atoms in total. The van der Waals surface area contributed by atoms with E-state index in [1.54, 1.807) is 23.1 Å². The Hall–Kier alpha value is -1.63. The molecule has 2 heterocycles. The van der Waals surface area contributed by atoms with E-state index in [1.165, 1.54) is 5.56 Å². The maximum atomic E-state index is 11.4. The first kappa shape index (κ1) is 19.4. The van der Waals surface area contributed by atoms with Gasteiger partial charge in [0.05, 0.1) is 0 Å². The number of hydrogen-bond acceptors (Lipinski definition) is 4. The predicted molar refractivity (Wildman–Crippen MR) is 87.0 cm³/mol. The van der Waals surface area contributed by atoms with E-state index in [-0.39, 0.29) is 30.7 Å². The topological polar surface area (TPSA) is 85.8 Å². The van der Waals surface area contributed by atoms with E-state index in [0.29, 0.717) is 18.8 Å². The van der Waals surface area contributed by atoms with Crippen LogP contribution in [0.2, 0.25) is 0 Å². The lowest BCUT2D eigenvalue weighted by Crippen LogP contribution is -2.16. The second-order valence-electron chi connectivity index (χ2n) is 4.16. The minimum Gasteiger partial charge on any atom is -0.330 e. The number of carbonyl (C=O) groups excluding carboxylic acids is 1. The summed E-state index contributed by atoms with van der Waals surface area (Å²) in [5.74, 6) is 0.454. The zero-order valence-electron chi connectivity index (χ0n) is 11.4. The summed E-state index contributed by atoms with van der Waals surface area (Å²) < 4.78 is 1.80.